The maximum atomic E-state index is 5.24. The van der Waals surface area contributed by atoms with E-state index in [1.807, 2.05) is 19.2 Å². The molecule has 1 aromatic rings. The van der Waals surface area contributed by atoms with Crippen LogP contribution in [0.2, 0.25) is 0 Å². The maximum Gasteiger partial charge on any atom is 0.120 e. The average Bonchev–Trinajstić information content (AvgIpc) is 2.35. The zero-order valence-electron chi connectivity index (χ0n) is 10.7. The summed E-state index contributed by atoms with van der Waals surface area (Å²) in [7, 11) is 5.81. The largest absolute Gasteiger partial charge is 0.497 e. The van der Waals surface area contributed by atoms with Gasteiger partial charge in [0, 0.05) is 31.4 Å². The SMILES string of the molecule is CCC(CNC)N(C)c1cccc(OC)c1. The second-order valence-electron chi connectivity index (χ2n) is 3.93. The first-order valence-corrected chi connectivity index (χ1v) is 5.74. The smallest absolute Gasteiger partial charge is 0.120 e. The molecule has 1 unspecified atom stereocenters. The van der Waals surface area contributed by atoms with E-state index in [0.717, 1.165) is 18.7 Å². The Hall–Kier alpha value is -1.22. The van der Waals surface area contributed by atoms with Gasteiger partial charge in [0.1, 0.15) is 5.75 Å². The lowest BCUT2D eigenvalue weighted by Gasteiger charge is -2.29. The van der Waals surface area contributed by atoms with E-state index in [-0.39, 0.29) is 0 Å². The van der Waals surface area contributed by atoms with Crippen molar-refractivity contribution in [3.63, 3.8) is 0 Å². The van der Waals surface area contributed by atoms with E-state index in [9.17, 15) is 0 Å². The Morgan fingerprint density at radius 2 is 2.19 bits per heavy atom. The van der Waals surface area contributed by atoms with Crippen molar-refractivity contribution in [2.75, 3.05) is 32.6 Å². The van der Waals surface area contributed by atoms with Crippen molar-refractivity contribution >= 4 is 5.69 Å². The van der Waals surface area contributed by atoms with Crippen molar-refractivity contribution in [2.45, 2.75) is 19.4 Å². The molecule has 0 aliphatic heterocycles. The Balaban J connectivity index is 2.80. The van der Waals surface area contributed by atoms with Crippen molar-refractivity contribution in [2.24, 2.45) is 0 Å². The monoisotopic (exact) mass is 222 g/mol. The third-order valence-electron chi connectivity index (χ3n) is 2.92. The molecule has 0 aromatic heterocycles. The molecule has 1 rings (SSSR count). The molecule has 1 aromatic carbocycles. The fourth-order valence-electron chi connectivity index (χ4n) is 1.83. The van der Waals surface area contributed by atoms with E-state index in [2.05, 4.69) is 36.3 Å². The van der Waals surface area contributed by atoms with Crippen molar-refractivity contribution in [3.05, 3.63) is 24.3 Å². The van der Waals surface area contributed by atoms with Crippen LogP contribution < -0.4 is 15.0 Å². The average molecular weight is 222 g/mol. The van der Waals surface area contributed by atoms with Gasteiger partial charge in [-0.3, -0.25) is 0 Å². The zero-order chi connectivity index (χ0) is 12.0. The number of nitrogens with one attached hydrogen (secondary N) is 1. The lowest BCUT2D eigenvalue weighted by atomic mass is 10.1. The molecule has 90 valence electrons. The number of anilines is 1. The highest BCUT2D eigenvalue weighted by molar-refractivity contribution is 5.50. The molecule has 0 heterocycles. The Morgan fingerprint density at radius 1 is 1.44 bits per heavy atom. The molecule has 0 amide bonds. The lowest BCUT2D eigenvalue weighted by molar-refractivity contribution is 0.414. The van der Waals surface area contributed by atoms with Crippen LogP contribution in [0.25, 0.3) is 0 Å². The van der Waals surface area contributed by atoms with E-state index in [1.165, 1.54) is 5.69 Å². The number of likely N-dealkylation sites (N-methyl/N-ethyl adjacent to an activating group) is 2. The number of benzene rings is 1. The van der Waals surface area contributed by atoms with Crippen LogP contribution in [0.15, 0.2) is 24.3 Å². The van der Waals surface area contributed by atoms with Crippen LogP contribution in [0.3, 0.4) is 0 Å². The Morgan fingerprint density at radius 3 is 2.75 bits per heavy atom. The van der Waals surface area contributed by atoms with Gasteiger partial charge >= 0.3 is 0 Å². The first-order chi connectivity index (χ1) is 7.72. The van der Waals surface area contributed by atoms with Gasteiger partial charge < -0.3 is 15.0 Å². The van der Waals surface area contributed by atoms with E-state index < -0.39 is 0 Å². The van der Waals surface area contributed by atoms with Gasteiger partial charge in [-0.1, -0.05) is 13.0 Å². The molecule has 0 saturated heterocycles. The Labute approximate surface area is 98.4 Å². The summed E-state index contributed by atoms with van der Waals surface area (Å²) in [6.45, 7) is 3.20. The molecule has 1 atom stereocenters. The van der Waals surface area contributed by atoms with Crippen LogP contribution >= 0.6 is 0 Å². The summed E-state index contributed by atoms with van der Waals surface area (Å²) >= 11 is 0. The van der Waals surface area contributed by atoms with Crippen molar-refractivity contribution in [1.29, 1.82) is 0 Å². The zero-order valence-corrected chi connectivity index (χ0v) is 10.7. The van der Waals surface area contributed by atoms with E-state index in [4.69, 9.17) is 4.74 Å². The molecule has 16 heavy (non-hydrogen) atoms. The van der Waals surface area contributed by atoms with Crippen LogP contribution in [-0.2, 0) is 0 Å². The minimum absolute atomic E-state index is 0.511. The summed E-state index contributed by atoms with van der Waals surface area (Å²) < 4.78 is 5.24. The number of hydrogen-bond acceptors (Lipinski definition) is 3. The third kappa shape index (κ3) is 3.14. The van der Waals surface area contributed by atoms with Gasteiger partial charge in [0.2, 0.25) is 0 Å². The van der Waals surface area contributed by atoms with Gasteiger partial charge in [0.15, 0.2) is 0 Å². The normalized spacial score (nSPS) is 12.2. The van der Waals surface area contributed by atoms with Crippen LogP contribution in [0.4, 0.5) is 5.69 Å². The number of rotatable bonds is 6. The molecule has 3 heteroatoms. The number of hydrogen-bond donors (Lipinski definition) is 1. The number of ether oxygens (including phenoxy) is 1. The molecule has 0 spiro atoms. The van der Waals surface area contributed by atoms with Gasteiger partial charge in [-0.15, -0.1) is 0 Å². The summed E-state index contributed by atoms with van der Waals surface area (Å²) in [5.74, 6) is 0.906. The summed E-state index contributed by atoms with van der Waals surface area (Å²) in [5, 5.41) is 3.23. The Kier molecular flexibility index (Phi) is 5.12. The molecule has 1 N–H and O–H groups in total. The standard InChI is InChI=1S/C13H22N2O/c1-5-11(10-14-2)15(3)12-7-6-8-13(9-12)16-4/h6-9,11,14H,5,10H2,1-4H3. The number of methoxy groups -OCH3 is 1. The Bertz CT molecular complexity index is 315. The molecule has 0 saturated carbocycles. The molecule has 3 nitrogen and oxygen atoms in total. The quantitative estimate of drug-likeness (QED) is 0.798. The lowest BCUT2D eigenvalue weighted by Crippen LogP contribution is -2.38. The predicted molar refractivity (Wildman–Crippen MR) is 69.4 cm³/mol. The first-order valence-electron chi connectivity index (χ1n) is 5.74. The van der Waals surface area contributed by atoms with Gasteiger partial charge in [0.25, 0.3) is 0 Å². The highest BCUT2D eigenvalue weighted by Gasteiger charge is 2.12. The minimum Gasteiger partial charge on any atom is -0.497 e. The summed E-state index contributed by atoms with van der Waals surface area (Å²) in [6, 6.07) is 8.68. The first kappa shape index (κ1) is 12.8. The van der Waals surface area contributed by atoms with E-state index >= 15 is 0 Å². The predicted octanol–water partition coefficient (Wildman–Crippen LogP) is 2.13. The third-order valence-corrected chi connectivity index (χ3v) is 2.92. The molecular weight excluding hydrogens is 200 g/mol. The van der Waals surface area contributed by atoms with Gasteiger partial charge in [0.05, 0.1) is 7.11 Å². The van der Waals surface area contributed by atoms with Crippen molar-refractivity contribution < 1.29 is 4.74 Å². The minimum atomic E-state index is 0.511. The second kappa shape index (κ2) is 6.38. The van der Waals surface area contributed by atoms with E-state index in [1.54, 1.807) is 7.11 Å². The summed E-state index contributed by atoms with van der Waals surface area (Å²) in [6.07, 6.45) is 1.12. The van der Waals surface area contributed by atoms with Crippen LogP contribution in [0.1, 0.15) is 13.3 Å². The molecule has 0 aliphatic carbocycles. The van der Waals surface area contributed by atoms with E-state index in [0.29, 0.717) is 6.04 Å². The fraction of sp³-hybridized carbons (Fsp3) is 0.538. The van der Waals surface area contributed by atoms with Gasteiger partial charge in [-0.05, 0) is 25.6 Å². The number of nitrogens with zero attached hydrogens (tertiary/aromatic N) is 1. The van der Waals surface area contributed by atoms with Gasteiger partial charge in [-0.2, -0.15) is 0 Å². The molecule has 0 aliphatic rings. The highest BCUT2D eigenvalue weighted by Crippen LogP contribution is 2.22. The van der Waals surface area contributed by atoms with Crippen LogP contribution in [0, 0.1) is 0 Å². The highest BCUT2D eigenvalue weighted by atomic mass is 16.5. The molecule has 0 fully saturated rings. The molecule has 0 bridgehead atoms. The molecule has 0 radical (unpaired) electrons. The van der Waals surface area contributed by atoms with Gasteiger partial charge in [-0.25, -0.2) is 0 Å². The second-order valence-corrected chi connectivity index (χ2v) is 3.93. The fourth-order valence-corrected chi connectivity index (χ4v) is 1.83. The maximum absolute atomic E-state index is 5.24. The topological polar surface area (TPSA) is 24.5 Å². The summed E-state index contributed by atoms with van der Waals surface area (Å²) in [5.41, 5.74) is 1.20. The van der Waals surface area contributed by atoms with Crippen LogP contribution in [0.5, 0.6) is 5.75 Å². The van der Waals surface area contributed by atoms with Crippen molar-refractivity contribution in [3.8, 4) is 5.75 Å². The van der Waals surface area contributed by atoms with Crippen LogP contribution in [-0.4, -0.2) is 33.8 Å². The summed E-state index contributed by atoms with van der Waals surface area (Å²) in [4.78, 5) is 2.29. The molecular formula is C13H22N2O. The van der Waals surface area contributed by atoms with Crippen molar-refractivity contribution in [1.82, 2.24) is 5.32 Å².